The first-order valence-electron chi connectivity index (χ1n) is 4.49. The van der Waals surface area contributed by atoms with Gasteiger partial charge in [-0.3, -0.25) is 11.3 Å². The highest BCUT2D eigenvalue weighted by Crippen LogP contribution is 2.20. The van der Waals surface area contributed by atoms with E-state index in [-0.39, 0.29) is 6.04 Å². The van der Waals surface area contributed by atoms with Crippen molar-refractivity contribution in [3.05, 3.63) is 34.3 Å². The summed E-state index contributed by atoms with van der Waals surface area (Å²) in [5.74, 6) is 5.48. The van der Waals surface area contributed by atoms with Crippen molar-refractivity contribution in [1.82, 2.24) is 5.43 Å². The highest BCUT2D eigenvalue weighted by atomic mass is 79.9. The molecule has 0 bridgehead atoms. The quantitative estimate of drug-likeness (QED) is 0.630. The molecule has 1 atom stereocenters. The van der Waals surface area contributed by atoms with Crippen LogP contribution in [0.15, 0.2) is 28.7 Å². The zero-order valence-electron chi connectivity index (χ0n) is 7.76. The van der Waals surface area contributed by atoms with Gasteiger partial charge in [-0.2, -0.15) is 0 Å². The van der Waals surface area contributed by atoms with Crippen LogP contribution in [0.25, 0.3) is 0 Å². The van der Waals surface area contributed by atoms with E-state index in [1.165, 1.54) is 5.56 Å². The van der Waals surface area contributed by atoms with Crippen LogP contribution in [0.4, 0.5) is 0 Å². The lowest BCUT2D eigenvalue weighted by atomic mass is 10.0. The van der Waals surface area contributed by atoms with Crippen molar-refractivity contribution in [2.45, 2.75) is 25.8 Å². The summed E-state index contributed by atoms with van der Waals surface area (Å²) in [6.45, 7) is 2.16. The predicted octanol–water partition coefficient (Wildman–Crippen LogP) is 2.75. The fraction of sp³-hybridized carbons (Fsp3) is 0.400. The molecule has 1 aromatic carbocycles. The van der Waals surface area contributed by atoms with E-state index in [9.17, 15) is 0 Å². The zero-order valence-corrected chi connectivity index (χ0v) is 9.34. The Kier molecular flexibility index (Phi) is 4.42. The Hall–Kier alpha value is -0.380. The summed E-state index contributed by atoms with van der Waals surface area (Å²) in [6.07, 6.45) is 2.19. The van der Waals surface area contributed by atoms with Crippen LogP contribution in [0.3, 0.4) is 0 Å². The maximum Gasteiger partial charge on any atom is 0.0460 e. The highest BCUT2D eigenvalue weighted by molar-refractivity contribution is 9.10. The molecule has 0 aromatic heterocycles. The van der Waals surface area contributed by atoms with Gasteiger partial charge in [-0.1, -0.05) is 41.4 Å². The molecule has 13 heavy (non-hydrogen) atoms. The molecule has 0 saturated carbocycles. The van der Waals surface area contributed by atoms with Gasteiger partial charge in [0.2, 0.25) is 0 Å². The molecule has 0 fully saturated rings. The molecular weight excluding hydrogens is 228 g/mol. The van der Waals surface area contributed by atoms with Gasteiger partial charge in [0.25, 0.3) is 0 Å². The summed E-state index contributed by atoms with van der Waals surface area (Å²) in [4.78, 5) is 0. The van der Waals surface area contributed by atoms with Gasteiger partial charge in [0, 0.05) is 10.5 Å². The molecule has 3 N–H and O–H groups in total. The van der Waals surface area contributed by atoms with Crippen LogP contribution in [-0.4, -0.2) is 0 Å². The van der Waals surface area contributed by atoms with E-state index in [0.717, 1.165) is 17.3 Å². The third-order valence-corrected chi connectivity index (χ3v) is 2.52. The molecule has 1 rings (SSSR count). The van der Waals surface area contributed by atoms with Crippen LogP contribution >= 0.6 is 15.9 Å². The lowest BCUT2D eigenvalue weighted by molar-refractivity contribution is 0.510. The number of nitrogens with one attached hydrogen (secondary N) is 1. The first-order chi connectivity index (χ1) is 6.27. The van der Waals surface area contributed by atoms with Gasteiger partial charge in [0.05, 0.1) is 0 Å². The van der Waals surface area contributed by atoms with Gasteiger partial charge in [-0.05, 0) is 24.1 Å². The van der Waals surface area contributed by atoms with Crippen molar-refractivity contribution in [3.8, 4) is 0 Å². The van der Waals surface area contributed by atoms with E-state index >= 15 is 0 Å². The molecule has 0 amide bonds. The van der Waals surface area contributed by atoms with Crippen LogP contribution in [0, 0.1) is 0 Å². The molecule has 2 nitrogen and oxygen atoms in total. The minimum atomic E-state index is 0.266. The van der Waals surface area contributed by atoms with Crippen LogP contribution in [0.1, 0.15) is 31.4 Å². The Morgan fingerprint density at radius 3 is 2.85 bits per heavy atom. The fourth-order valence-electron chi connectivity index (χ4n) is 1.36. The lowest BCUT2D eigenvalue weighted by Crippen LogP contribution is -2.27. The van der Waals surface area contributed by atoms with Gasteiger partial charge >= 0.3 is 0 Å². The third-order valence-electron chi connectivity index (χ3n) is 2.03. The van der Waals surface area contributed by atoms with Gasteiger partial charge in [-0.15, -0.1) is 0 Å². The van der Waals surface area contributed by atoms with Crippen molar-refractivity contribution >= 4 is 15.9 Å². The van der Waals surface area contributed by atoms with E-state index in [4.69, 9.17) is 5.84 Å². The van der Waals surface area contributed by atoms with E-state index in [2.05, 4.69) is 40.4 Å². The molecule has 0 radical (unpaired) electrons. The average molecular weight is 243 g/mol. The van der Waals surface area contributed by atoms with Gasteiger partial charge in [-0.25, -0.2) is 0 Å². The number of hydrazine groups is 1. The van der Waals surface area contributed by atoms with Gasteiger partial charge in [0.15, 0.2) is 0 Å². The summed E-state index contributed by atoms with van der Waals surface area (Å²) in [5.41, 5.74) is 4.06. The SMILES string of the molecule is CCCC(NN)c1cccc(Br)c1. The Morgan fingerprint density at radius 2 is 2.31 bits per heavy atom. The minimum absolute atomic E-state index is 0.266. The second-order valence-electron chi connectivity index (χ2n) is 3.06. The number of benzene rings is 1. The topological polar surface area (TPSA) is 38.0 Å². The van der Waals surface area contributed by atoms with Crippen molar-refractivity contribution in [2.24, 2.45) is 5.84 Å². The van der Waals surface area contributed by atoms with Crippen molar-refractivity contribution in [2.75, 3.05) is 0 Å². The highest BCUT2D eigenvalue weighted by Gasteiger charge is 2.07. The van der Waals surface area contributed by atoms with E-state index < -0.39 is 0 Å². The normalized spacial score (nSPS) is 12.8. The predicted molar refractivity (Wildman–Crippen MR) is 59.1 cm³/mol. The van der Waals surface area contributed by atoms with Crippen LogP contribution < -0.4 is 11.3 Å². The second kappa shape index (κ2) is 5.37. The Bertz CT molecular complexity index is 263. The summed E-state index contributed by atoms with van der Waals surface area (Å²) in [6, 6.07) is 8.50. The van der Waals surface area contributed by atoms with E-state index in [0.29, 0.717) is 0 Å². The molecule has 0 heterocycles. The Morgan fingerprint density at radius 1 is 1.54 bits per heavy atom. The summed E-state index contributed by atoms with van der Waals surface area (Å²) in [7, 11) is 0. The molecule has 0 aliphatic carbocycles. The summed E-state index contributed by atoms with van der Waals surface area (Å²) >= 11 is 3.44. The largest absolute Gasteiger partial charge is 0.271 e. The minimum Gasteiger partial charge on any atom is -0.271 e. The zero-order chi connectivity index (χ0) is 9.68. The van der Waals surface area contributed by atoms with Crippen LogP contribution in [-0.2, 0) is 0 Å². The van der Waals surface area contributed by atoms with Gasteiger partial charge < -0.3 is 0 Å². The van der Waals surface area contributed by atoms with Crippen LogP contribution in [0.5, 0.6) is 0 Å². The maximum absolute atomic E-state index is 5.48. The first-order valence-corrected chi connectivity index (χ1v) is 5.28. The van der Waals surface area contributed by atoms with Crippen molar-refractivity contribution in [1.29, 1.82) is 0 Å². The molecule has 72 valence electrons. The molecule has 0 spiro atoms. The number of hydrogen-bond acceptors (Lipinski definition) is 2. The van der Waals surface area contributed by atoms with Crippen molar-refractivity contribution in [3.63, 3.8) is 0 Å². The lowest BCUT2D eigenvalue weighted by Gasteiger charge is -2.15. The smallest absolute Gasteiger partial charge is 0.0460 e. The Labute approximate surface area is 87.6 Å². The molecule has 0 saturated heterocycles. The average Bonchev–Trinajstić information content (AvgIpc) is 2.14. The summed E-state index contributed by atoms with van der Waals surface area (Å²) < 4.78 is 1.10. The molecule has 1 unspecified atom stereocenters. The second-order valence-corrected chi connectivity index (χ2v) is 3.98. The maximum atomic E-state index is 5.48. The summed E-state index contributed by atoms with van der Waals surface area (Å²) in [5, 5.41) is 0. The van der Waals surface area contributed by atoms with Crippen LogP contribution in [0.2, 0.25) is 0 Å². The van der Waals surface area contributed by atoms with E-state index in [1.807, 2.05) is 12.1 Å². The number of nitrogens with two attached hydrogens (primary N) is 1. The molecule has 0 aliphatic heterocycles. The standard InChI is InChI=1S/C10H15BrN2/c1-2-4-10(13-12)8-5-3-6-9(11)7-8/h3,5-7,10,13H,2,4,12H2,1H3. The first kappa shape index (κ1) is 10.7. The number of halogens is 1. The number of rotatable bonds is 4. The molecule has 3 heteroatoms. The Balaban J connectivity index is 2.78. The molecular formula is C10H15BrN2. The van der Waals surface area contributed by atoms with Crippen molar-refractivity contribution < 1.29 is 0 Å². The monoisotopic (exact) mass is 242 g/mol. The van der Waals surface area contributed by atoms with E-state index in [1.54, 1.807) is 0 Å². The molecule has 0 aliphatic rings. The fourth-order valence-corrected chi connectivity index (χ4v) is 1.78. The molecule has 1 aromatic rings. The third kappa shape index (κ3) is 3.10. The number of hydrogen-bond donors (Lipinski definition) is 2. The van der Waals surface area contributed by atoms with Gasteiger partial charge in [0.1, 0.15) is 0 Å².